The Labute approximate surface area is 75.6 Å². The van der Waals surface area contributed by atoms with Crippen LogP contribution in [-0.2, 0) is 0 Å². The molecule has 0 aliphatic rings. The largest absolute Gasteiger partial charge is 4.00 e. The van der Waals surface area contributed by atoms with E-state index in [1.54, 1.807) is 0 Å². The van der Waals surface area contributed by atoms with Crippen LogP contribution in [-0.4, -0.2) is 17.6 Å². The minimum absolute atomic E-state index is 0. The first-order chi connectivity index (χ1) is 0. The molecule has 0 unspecified atom stereocenters. The Morgan fingerprint density at radius 2 is 0.500 bits per heavy atom. The van der Waals surface area contributed by atoms with Crippen LogP contribution in [0, 0.1) is 39.9 Å². The predicted molar refractivity (Wildman–Crippen MR) is 5.75 cm³/mol. The van der Waals surface area contributed by atoms with Crippen molar-refractivity contribution in [3.05, 3.63) is 0 Å². The monoisotopic (exact) mass is 382 g/mol. The molecule has 0 aliphatic heterocycles. The fourth-order valence-electron chi connectivity index (χ4n) is 0. The Morgan fingerprint density at radius 1 is 0.500 bits per heavy atom. The van der Waals surface area contributed by atoms with Crippen molar-refractivity contribution in [1.29, 1.82) is 0 Å². The first-order valence-electron chi connectivity index (χ1n) is 0. The van der Waals surface area contributed by atoms with Gasteiger partial charge in [0.05, 0.1) is 0 Å². The zero-order valence-electron chi connectivity index (χ0n) is 2.51. The molecular weight excluding hydrogens is 381 g/mol. The van der Waals surface area contributed by atoms with Crippen molar-refractivity contribution < 1.29 is 58.8 Å². The summed E-state index contributed by atoms with van der Waals surface area (Å²) in [5.41, 5.74) is 0. The zero-order valence-corrected chi connectivity index (χ0v) is 8.72. The van der Waals surface area contributed by atoms with Crippen molar-refractivity contribution in [2.24, 2.45) is 0 Å². The normalized spacial score (nSPS) is 0. The zero-order chi connectivity index (χ0) is 0. The minimum atomic E-state index is 0. The van der Waals surface area contributed by atoms with E-state index in [-0.39, 0.29) is 76.4 Å². The molecule has 0 heterocycles. The SMILES string of the molecule is [F-].[F-].[F-].[F-].[Ge].[Th+4]. The summed E-state index contributed by atoms with van der Waals surface area (Å²) in [6.07, 6.45) is 0. The van der Waals surface area contributed by atoms with Crippen LogP contribution >= 0.6 is 0 Å². The summed E-state index contributed by atoms with van der Waals surface area (Å²) >= 11 is 0. The molecule has 0 aromatic carbocycles. The molecule has 0 fully saturated rings. The first kappa shape index (κ1) is 131. The molecule has 0 nitrogen and oxygen atoms in total. The number of hydrogen-bond acceptors (Lipinski definition) is 0. The van der Waals surface area contributed by atoms with Gasteiger partial charge in [0.15, 0.2) is 0 Å². The van der Waals surface area contributed by atoms with Crippen molar-refractivity contribution in [2.75, 3.05) is 0 Å². The number of halogens is 4. The quantitative estimate of drug-likeness (QED) is 0.289. The number of rotatable bonds is 0. The summed E-state index contributed by atoms with van der Waals surface area (Å²) in [5.74, 6) is 0. The van der Waals surface area contributed by atoms with Crippen LogP contribution in [0.1, 0.15) is 0 Å². The van der Waals surface area contributed by atoms with Crippen molar-refractivity contribution in [1.82, 2.24) is 0 Å². The summed E-state index contributed by atoms with van der Waals surface area (Å²) in [4.78, 5) is 0. The maximum absolute atomic E-state index is 0. The molecule has 0 amide bonds. The molecule has 36 valence electrons. The van der Waals surface area contributed by atoms with E-state index < -0.39 is 0 Å². The second-order valence-electron chi connectivity index (χ2n) is 0. The van der Waals surface area contributed by atoms with Crippen LogP contribution in [0.2, 0.25) is 0 Å². The summed E-state index contributed by atoms with van der Waals surface area (Å²) in [5, 5.41) is 0. The molecule has 6 heavy (non-hydrogen) atoms. The molecule has 0 atom stereocenters. The molecule has 0 aliphatic carbocycles. The summed E-state index contributed by atoms with van der Waals surface area (Å²) < 4.78 is 0. The van der Waals surface area contributed by atoms with E-state index >= 15 is 0 Å². The van der Waals surface area contributed by atoms with Gasteiger partial charge in [0.1, 0.15) is 0 Å². The molecule has 6 heteroatoms. The van der Waals surface area contributed by atoms with Crippen molar-refractivity contribution in [3.8, 4) is 0 Å². The van der Waals surface area contributed by atoms with E-state index in [0.717, 1.165) is 0 Å². The van der Waals surface area contributed by atoms with Crippen LogP contribution in [0.5, 0.6) is 0 Å². The molecule has 0 aromatic heterocycles. The predicted octanol–water partition coefficient (Wildman–Crippen LogP) is -12.4. The van der Waals surface area contributed by atoms with Gasteiger partial charge in [-0.05, 0) is 0 Å². The topological polar surface area (TPSA) is 0 Å². The van der Waals surface area contributed by atoms with Gasteiger partial charge < -0.3 is 18.8 Å². The second kappa shape index (κ2) is 81.6. The fourth-order valence-corrected chi connectivity index (χ4v) is 0. The Kier molecular flexibility index (Phi) is 1780. The molecule has 0 bridgehead atoms. The van der Waals surface area contributed by atoms with Crippen molar-refractivity contribution in [3.63, 3.8) is 0 Å². The fraction of sp³-hybridized carbons (Fsp3) is 0. The molecule has 0 spiro atoms. The second-order valence-corrected chi connectivity index (χ2v) is 0. The van der Waals surface area contributed by atoms with Gasteiger partial charge in [-0.25, -0.2) is 0 Å². The van der Waals surface area contributed by atoms with Gasteiger partial charge in [0.2, 0.25) is 0 Å². The van der Waals surface area contributed by atoms with Crippen molar-refractivity contribution in [2.45, 2.75) is 0 Å². The molecule has 0 aromatic rings. The van der Waals surface area contributed by atoms with E-state index in [2.05, 4.69) is 0 Å². The van der Waals surface area contributed by atoms with E-state index in [1.807, 2.05) is 0 Å². The Bertz CT molecular complexity index is 7.51. The Hall–Kier alpha value is 1.59. The third-order valence-electron chi connectivity index (χ3n) is 0. The molecule has 0 saturated heterocycles. The van der Waals surface area contributed by atoms with Gasteiger partial charge in [-0.1, -0.05) is 0 Å². The van der Waals surface area contributed by atoms with E-state index in [0.29, 0.717) is 0 Å². The Balaban J connectivity index is 0. The Morgan fingerprint density at radius 3 is 0.500 bits per heavy atom. The average molecular weight is 381 g/mol. The molecule has 0 N–H and O–H groups in total. The maximum atomic E-state index is 0. The van der Waals surface area contributed by atoms with Gasteiger partial charge in [-0.3, -0.25) is 0 Å². The smallest absolute Gasteiger partial charge is 1.00 e. The van der Waals surface area contributed by atoms with Crippen LogP contribution < -0.4 is 18.8 Å². The van der Waals surface area contributed by atoms with Crippen LogP contribution in [0.15, 0.2) is 0 Å². The van der Waals surface area contributed by atoms with Crippen molar-refractivity contribution >= 4 is 17.6 Å². The minimum Gasteiger partial charge on any atom is -1.00 e. The third kappa shape index (κ3) is 46.7. The van der Waals surface area contributed by atoms with E-state index in [9.17, 15) is 0 Å². The standard InChI is InChI=1S/4FH.Ge.Th/h4*1H;;/q;;;;;+4/p-4. The van der Waals surface area contributed by atoms with Crippen LogP contribution in [0.4, 0.5) is 0 Å². The van der Waals surface area contributed by atoms with Gasteiger partial charge in [-0.15, -0.1) is 0 Å². The molecule has 0 saturated carbocycles. The van der Waals surface area contributed by atoms with Crippen LogP contribution in [0.25, 0.3) is 0 Å². The van der Waals surface area contributed by atoms with Gasteiger partial charge >= 0.3 is 39.9 Å². The molecule has 4 radical (unpaired) electrons. The van der Waals surface area contributed by atoms with E-state index in [1.165, 1.54) is 0 Å². The first-order valence-corrected chi connectivity index (χ1v) is 0. The summed E-state index contributed by atoms with van der Waals surface area (Å²) in [6.45, 7) is 0. The average Bonchev–Trinajstić information content (AvgIpc) is 0. The van der Waals surface area contributed by atoms with Gasteiger partial charge in [0, 0.05) is 17.6 Å². The summed E-state index contributed by atoms with van der Waals surface area (Å²) in [6, 6.07) is 0. The van der Waals surface area contributed by atoms with Crippen LogP contribution in [0.3, 0.4) is 0 Å². The van der Waals surface area contributed by atoms with Gasteiger partial charge in [0.25, 0.3) is 0 Å². The summed E-state index contributed by atoms with van der Waals surface area (Å²) in [7, 11) is 0. The number of hydrogen-bond donors (Lipinski definition) is 0. The van der Waals surface area contributed by atoms with Gasteiger partial charge in [-0.2, -0.15) is 0 Å². The third-order valence-corrected chi connectivity index (χ3v) is 0. The molecule has 0 rings (SSSR count). The molecular formula is F4GeTh. The van der Waals surface area contributed by atoms with E-state index in [4.69, 9.17) is 0 Å². The maximum Gasteiger partial charge on any atom is 4.00 e.